The Morgan fingerprint density at radius 1 is 1.21 bits per heavy atom. The Bertz CT molecular complexity index is 1100. The number of nitrogens with zero attached hydrogens (tertiary/aromatic N) is 3. The van der Waals surface area contributed by atoms with E-state index in [2.05, 4.69) is 20.1 Å². The molecule has 7 nitrogen and oxygen atoms in total. The van der Waals surface area contributed by atoms with E-state index in [0.717, 1.165) is 35.3 Å². The summed E-state index contributed by atoms with van der Waals surface area (Å²) in [6.07, 6.45) is 2.22. The summed E-state index contributed by atoms with van der Waals surface area (Å²) in [6, 6.07) is 11.0. The summed E-state index contributed by atoms with van der Waals surface area (Å²) in [6.45, 7) is 7.05. The number of benzene rings is 1. The Balaban J connectivity index is 1.43. The van der Waals surface area contributed by atoms with Crippen LogP contribution in [-0.2, 0) is 16.1 Å². The quantitative estimate of drug-likeness (QED) is 0.352. The molecule has 0 saturated carbocycles. The van der Waals surface area contributed by atoms with Crippen molar-refractivity contribution in [2.45, 2.75) is 51.4 Å². The third-order valence-corrected chi connectivity index (χ3v) is 7.18. The van der Waals surface area contributed by atoms with Crippen LogP contribution in [0.25, 0.3) is 10.7 Å². The molecule has 0 radical (unpaired) electrons. The van der Waals surface area contributed by atoms with Crippen molar-refractivity contribution in [2.24, 2.45) is 5.41 Å². The minimum Gasteiger partial charge on any atom is -0.376 e. The number of thiophene rings is 1. The molecule has 1 aliphatic heterocycles. The van der Waals surface area contributed by atoms with E-state index in [1.54, 1.807) is 35.6 Å². The van der Waals surface area contributed by atoms with Gasteiger partial charge in [0.1, 0.15) is 0 Å². The standard InChI is InChI=1S/C24H28N4O3S2/c1-24(2,3)22(30)25-17-10-8-16(9-11-17)19(29)15-33-23-27-26-21(20-7-5-13-32-20)28(23)14-18-6-4-12-31-18/h5,7-11,13,18H,4,6,12,14-15H2,1-3H3,(H,25,30). The average Bonchev–Trinajstić information content (AvgIpc) is 3.55. The van der Waals surface area contributed by atoms with Crippen LogP contribution in [0.4, 0.5) is 5.69 Å². The lowest BCUT2D eigenvalue weighted by Crippen LogP contribution is -2.27. The van der Waals surface area contributed by atoms with Crippen LogP contribution < -0.4 is 5.32 Å². The minimum atomic E-state index is -0.480. The van der Waals surface area contributed by atoms with Crippen LogP contribution in [0.1, 0.15) is 44.0 Å². The van der Waals surface area contributed by atoms with E-state index in [0.29, 0.717) is 17.8 Å². The fourth-order valence-corrected chi connectivity index (χ4v) is 4.97. The van der Waals surface area contributed by atoms with Gasteiger partial charge in [-0.1, -0.05) is 38.6 Å². The Hall–Kier alpha value is -2.49. The van der Waals surface area contributed by atoms with Gasteiger partial charge >= 0.3 is 0 Å². The molecule has 1 atom stereocenters. The lowest BCUT2D eigenvalue weighted by atomic mass is 9.95. The molecule has 3 heterocycles. The Morgan fingerprint density at radius 3 is 2.64 bits per heavy atom. The lowest BCUT2D eigenvalue weighted by Gasteiger charge is -2.17. The van der Waals surface area contributed by atoms with Crippen molar-refractivity contribution in [3.8, 4) is 10.7 Å². The molecule has 4 rings (SSSR count). The number of hydrogen-bond donors (Lipinski definition) is 1. The molecule has 1 aliphatic rings. The first-order valence-corrected chi connectivity index (χ1v) is 12.8. The van der Waals surface area contributed by atoms with Gasteiger partial charge < -0.3 is 10.1 Å². The number of aromatic nitrogens is 3. The second-order valence-corrected chi connectivity index (χ2v) is 10.9. The molecule has 33 heavy (non-hydrogen) atoms. The Labute approximate surface area is 201 Å². The van der Waals surface area contributed by atoms with Gasteiger partial charge in [0.25, 0.3) is 0 Å². The van der Waals surface area contributed by atoms with E-state index in [9.17, 15) is 9.59 Å². The summed E-state index contributed by atoms with van der Waals surface area (Å²) < 4.78 is 7.90. The maximum Gasteiger partial charge on any atom is 0.229 e. The molecule has 1 saturated heterocycles. The van der Waals surface area contributed by atoms with Gasteiger partial charge in [0.2, 0.25) is 5.91 Å². The number of thioether (sulfide) groups is 1. The Morgan fingerprint density at radius 2 is 2.00 bits per heavy atom. The topological polar surface area (TPSA) is 86.1 Å². The summed E-state index contributed by atoms with van der Waals surface area (Å²) in [5.74, 6) is 0.999. The predicted molar refractivity (Wildman–Crippen MR) is 132 cm³/mol. The van der Waals surface area contributed by atoms with Crippen molar-refractivity contribution in [1.29, 1.82) is 0 Å². The molecule has 0 aliphatic carbocycles. The molecule has 174 valence electrons. The molecule has 1 N–H and O–H groups in total. The van der Waals surface area contributed by atoms with Crippen molar-refractivity contribution < 1.29 is 14.3 Å². The lowest BCUT2D eigenvalue weighted by molar-refractivity contribution is -0.123. The average molecular weight is 485 g/mol. The smallest absolute Gasteiger partial charge is 0.229 e. The molecule has 1 aromatic carbocycles. The largest absolute Gasteiger partial charge is 0.376 e. The molecular formula is C24H28N4O3S2. The number of nitrogens with one attached hydrogen (secondary N) is 1. The van der Waals surface area contributed by atoms with E-state index >= 15 is 0 Å². The zero-order chi connectivity index (χ0) is 23.4. The van der Waals surface area contributed by atoms with Crippen LogP contribution >= 0.6 is 23.1 Å². The number of carbonyl (C=O) groups excluding carboxylic acids is 2. The van der Waals surface area contributed by atoms with Gasteiger partial charge in [0, 0.05) is 23.3 Å². The zero-order valence-corrected chi connectivity index (χ0v) is 20.7. The fraction of sp³-hybridized carbons (Fsp3) is 0.417. The highest BCUT2D eigenvalue weighted by Crippen LogP contribution is 2.29. The third kappa shape index (κ3) is 5.90. The van der Waals surface area contributed by atoms with E-state index in [-0.39, 0.29) is 23.5 Å². The number of ether oxygens (including phenoxy) is 1. The highest BCUT2D eigenvalue weighted by atomic mass is 32.2. The molecule has 9 heteroatoms. The van der Waals surface area contributed by atoms with Gasteiger partial charge in [0.05, 0.1) is 23.3 Å². The van der Waals surface area contributed by atoms with Gasteiger partial charge in [-0.25, -0.2) is 0 Å². The van der Waals surface area contributed by atoms with E-state index in [1.165, 1.54) is 11.8 Å². The number of hydrogen-bond acceptors (Lipinski definition) is 7. The number of ketones is 1. The summed E-state index contributed by atoms with van der Waals surface area (Å²) in [4.78, 5) is 26.0. The fourth-order valence-electron chi connectivity index (χ4n) is 3.41. The van der Waals surface area contributed by atoms with Crippen molar-refractivity contribution in [3.63, 3.8) is 0 Å². The first kappa shape index (κ1) is 23.7. The van der Waals surface area contributed by atoms with Crippen LogP contribution in [0.3, 0.4) is 0 Å². The third-order valence-electron chi connectivity index (χ3n) is 5.35. The van der Waals surface area contributed by atoms with Crippen molar-refractivity contribution in [3.05, 3.63) is 47.3 Å². The van der Waals surface area contributed by atoms with Gasteiger partial charge in [-0.15, -0.1) is 21.5 Å². The van der Waals surface area contributed by atoms with E-state index < -0.39 is 5.41 Å². The minimum absolute atomic E-state index is 0.00182. The molecule has 1 amide bonds. The number of carbonyl (C=O) groups is 2. The van der Waals surface area contributed by atoms with Crippen LogP contribution in [-0.4, -0.2) is 44.9 Å². The summed E-state index contributed by atoms with van der Waals surface area (Å²) >= 11 is 3.01. The SMILES string of the molecule is CC(C)(C)C(=O)Nc1ccc(C(=O)CSc2nnc(-c3cccs3)n2CC2CCCO2)cc1. The summed E-state index contributed by atoms with van der Waals surface area (Å²) in [7, 11) is 0. The summed E-state index contributed by atoms with van der Waals surface area (Å²) in [5.41, 5.74) is 0.794. The predicted octanol–water partition coefficient (Wildman–Crippen LogP) is 5.15. The van der Waals surface area contributed by atoms with Crippen LogP contribution in [0.15, 0.2) is 46.9 Å². The number of Topliss-reactive ketones (excluding diaryl/α,β-unsaturated/α-hetero) is 1. The van der Waals surface area contributed by atoms with Gasteiger partial charge in [-0.2, -0.15) is 0 Å². The molecule has 3 aromatic rings. The van der Waals surface area contributed by atoms with Crippen molar-refractivity contribution in [2.75, 3.05) is 17.7 Å². The molecular weight excluding hydrogens is 456 g/mol. The second-order valence-electron chi connectivity index (χ2n) is 9.02. The highest BCUT2D eigenvalue weighted by molar-refractivity contribution is 7.99. The molecule has 1 unspecified atom stereocenters. The maximum absolute atomic E-state index is 12.8. The zero-order valence-electron chi connectivity index (χ0n) is 19.0. The van der Waals surface area contributed by atoms with Gasteiger partial charge in [-0.05, 0) is 48.6 Å². The highest BCUT2D eigenvalue weighted by Gasteiger charge is 2.23. The number of rotatable bonds is 8. The number of amides is 1. The normalized spacial score (nSPS) is 16.2. The summed E-state index contributed by atoms with van der Waals surface area (Å²) in [5, 5.41) is 14.4. The molecule has 0 bridgehead atoms. The monoisotopic (exact) mass is 484 g/mol. The molecule has 1 fully saturated rings. The molecule has 0 spiro atoms. The van der Waals surface area contributed by atoms with E-state index in [1.807, 2.05) is 38.3 Å². The van der Waals surface area contributed by atoms with E-state index in [4.69, 9.17) is 4.74 Å². The Kier molecular flexibility index (Phi) is 7.31. The van der Waals surface area contributed by atoms with Gasteiger partial charge in [0.15, 0.2) is 16.8 Å². The van der Waals surface area contributed by atoms with Crippen molar-refractivity contribution in [1.82, 2.24) is 14.8 Å². The maximum atomic E-state index is 12.8. The second kappa shape index (κ2) is 10.2. The van der Waals surface area contributed by atoms with Crippen LogP contribution in [0.2, 0.25) is 0 Å². The van der Waals surface area contributed by atoms with Crippen molar-refractivity contribution >= 4 is 40.5 Å². The first-order valence-electron chi connectivity index (χ1n) is 11.0. The molecule has 2 aromatic heterocycles. The van der Waals surface area contributed by atoms with Crippen LogP contribution in [0, 0.1) is 5.41 Å². The first-order chi connectivity index (χ1) is 15.8. The van der Waals surface area contributed by atoms with Gasteiger partial charge in [-0.3, -0.25) is 14.2 Å². The number of anilines is 1. The van der Waals surface area contributed by atoms with Crippen LogP contribution in [0.5, 0.6) is 0 Å².